The van der Waals surface area contributed by atoms with Gasteiger partial charge in [0.1, 0.15) is 0 Å². The van der Waals surface area contributed by atoms with E-state index in [4.69, 9.17) is 0 Å². The van der Waals surface area contributed by atoms with Crippen LogP contribution in [0.3, 0.4) is 0 Å². The molecule has 14 heavy (non-hydrogen) atoms. The van der Waals surface area contributed by atoms with Crippen LogP contribution < -0.4 is 9.79 Å². The van der Waals surface area contributed by atoms with Crippen LogP contribution in [0.5, 0.6) is 0 Å². The van der Waals surface area contributed by atoms with Crippen molar-refractivity contribution in [3.8, 4) is 0 Å². The Kier molecular flexibility index (Phi) is 3.52. The molecule has 0 aromatic carbocycles. The molecule has 78 valence electrons. The van der Waals surface area contributed by atoms with Crippen LogP contribution in [-0.4, -0.2) is 10.8 Å². The molecule has 1 aromatic rings. The lowest BCUT2D eigenvalue weighted by Gasteiger charge is -2.27. The molecule has 6 nitrogen and oxygen atoms in total. The highest BCUT2D eigenvalue weighted by atomic mass is 32.1. The van der Waals surface area contributed by atoms with Crippen LogP contribution >= 0.6 is 19.2 Å². The average Bonchev–Trinajstić information content (AvgIpc) is 2.47. The van der Waals surface area contributed by atoms with E-state index in [1.807, 2.05) is 0 Å². The fraction of sp³-hybridized carbons (Fsp3) is 0.333. The van der Waals surface area contributed by atoms with Crippen molar-refractivity contribution in [2.45, 2.75) is 13.5 Å². The highest BCUT2D eigenvalue weighted by Gasteiger charge is 2.06. The number of nitrogens with zero attached hydrogens (tertiary/aromatic N) is 1. The number of ketones is 1. The number of Topliss-reactive ketones (excluding diaryl/α,β-unsaturated/α-hetero) is 1. The molecule has 0 atom stereocenters. The largest absolute Gasteiger partial charge is 0.790 e. The maximum Gasteiger partial charge on any atom is 0.188 e. The van der Waals surface area contributed by atoms with Gasteiger partial charge in [-0.2, -0.15) is 0 Å². The Labute approximate surface area is 83.8 Å². The Morgan fingerprint density at radius 2 is 2.36 bits per heavy atom. The summed E-state index contributed by atoms with van der Waals surface area (Å²) in [5.41, 5.74) is 0.257. The molecule has 0 aliphatic rings. The molecule has 0 aliphatic heterocycles. The molecule has 0 fully saturated rings. The van der Waals surface area contributed by atoms with E-state index in [1.165, 1.54) is 12.3 Å². The van der Waals surface area contributed by atoms with E-state index in [0.717, 1.165) is 11.3 Å². The molecule has 0 radical (unpaired) electrons. The summed E-state index contributed by atoms with van der Waals surface area (Å²) in [7, 11) is -4.97. The summed E-state index contributed by atoms with van der Waals surface area (Å²) in [5.74, 6) is -0.214. The SMILES string of the molecule is CC(=O)c1nc(COP(=O)([O-])[O-])cs1. The quantitative estimate of drug-likeness (QED) is 0.524. The third-order valence-electron chi connectivity index (χ3n) is 1.22. The van der Waals surface area contributed by atoms with Crippen molar-refractivity contribution in [1.82, 2.24) is 4.98 Å². The van der Waals surface area contributed by atoms with E-state index in [0.29, 0.717) is 0 Å². The van der Waals surface area contributed by atoms with Crippen LogP contribution in [0.4, 0.5) is 0 Å². The van der Waals surface area contributed by atoms with Gasteiger partial charge in [-0.25, -0.2) is 4.98 Å². The third kappa shape index (κ3) is 3.65. The number of rotatable bonds is 4. The summed E-state index contributed by atoms with van der Waals surface area (Å²) in [6.07, 6.45) is 0. The summed E-state index contributed by atoms with van der Waals surface area (Å²) in [5, 5.41) is 1.72. The van der Waals surface area contributed by atoms with Crippen LogP contribution in [0.15, 0.2) is 5.38 Å². The van der Waals surface area contributed by atoms with Crippen molar-refractivity contribution >= 4 is 24.9 Å². The van der Waals surface area contributed by atoms with Crippen LogP contribution in [-0.2, 0) is 15.7 Å². The second-order valence-corrected chi connectivity index (χ2v) is 4.43. The predicted octanol–water partition coefficient (Wildman–Crippen LogP) is -0.309. The Morgan fingerprint density at radius 3 is 2.79 bits per heavy atom. The van der Waals surface area contributed by atoms with Gasteiger partial charge < -0.3 is 18.9 Å². The highest BCUT2D eigenvalue weighted by molar-refractivity contribution is 7.43. The molecule has 8 heteroatoms. The summed E-state index contributed by atoms with van der Waals surface area (Å²) in [4.78, 5) is 34.8. The minimum absolute atomic E-state index is 0.214. The topological polar surface area (TPSA) is 102 Å². The average molecular weight is 235 g/mol. The van der Waals surface area contributed by atoms with Crippen molar-refractivity contribution in [3.63, 3.8) is 0 Å². The van der Waals surface area contributed by atoms with Gasteiger partial charge in [-0.3, -0.25) is 4.79 Å². The lowest BCUT2D eigenvalue weighted by atomic mass is 10.5. The fourth-order valence-corrected chi connectivity index (χ4v) is 1.67. The predicted molar refractivity (Wildman–Crippen MR) is 44.5 cm³/mol. The minimum atomic E-state index is -4.97. The second-order valence-electron chi connectivity index (χ2n) is 2.42. The monoisotopic (exact) mass is 235 g/mol. The number of phosphoric ester groups is 1. The molecule has 0 bridgehead atoms. The molecule has 1 rings (SSSR count). The standard InChI is InChI=1S/C6H8NO5PS/c1-4(8)6-7-5(3-14-6)2-12-13(9,10)11/h3H,2H2,1H3,(H2,9,10,11)/p-2. The highest BCUT2D eigenvalue weighted by Crippen LogP contribution is 2.26. The summed E-state index contributed by atoms with van der Waals surface area (Å²) in [6.45, 7) is 0.920. The smallest absolute Gasteiger partial charge is 0.188 e. The number of aromatic nitrogens is 1. The molecule has 0 spiro atoms. The number of hydrogen-bond acceptors (Lipinski definition) is 7. The molecule has 0 saturated carbocycles. The van der Waals surface area contributed by atoms with Gasteiger partial charge in [-0.15, -0.1) is 11.3 Å². The molecule has 0 amide bonds. The van der Waals surface area contributed by atoms with Crippen molar-refractivity contribution in [2.75, 3.05) is 0 Å². The van der Waals surface area contributed by atoms with Gasteiger partial charge in [0, 0.05) is 12.3 Å². The van der Waals surface area contributed by atoms with Gasteiger partial charge in [-0.05, 0) is 0 Å². The number of carbonyl (C=O) groups excluding carboxylic acids is 1. The first-order valence-electron chi connectivity index (χ1n) is 3.50. The molecular formula is C6H6NO5PS-2. The maximum absolute atomic E-state index is 10.8. The van der Waals surface area contributed by atoms with Crippen molar-refractivity contribution in [1.29, 1.82) is 0 Å². The lowest BCUT2D eigenvalue weighted by molar-refractivity contribution is -0.342. The summed E-state index contributed by atoms with van der Waals surface area (Å²) < 4.78 is 14.1. The van der Waals surface area contributed by atoms with E-state index < -0.39 is 14.4 Å². The zero-order valence-electron chi connectivity index (χ0n) is 7.13. The van der Waals surface area contributed by atoms with Gasteiger partial charge in [0.25, 0.3) is 0 Å². The van der Waals surface area contributed by atoms with E-state index in [9.17, 15) is 19.1 Å². The van der Waals surface area contributed by atoms with Crippen LogP contribution in [0.1, 0.15) is 22.4 Å². The van der Waals surface area contributed by atoms with E-state index >= 15 is 0 Å². The van der Waals surface area contributed by atoms with Crippen LogP contribution in [0.25, 0.3) is 0 Å². The molecule has 0 saturated heterocycles. The van der Waals surface area contributed by atoms with Gasteiger partial charge >= 0.3 is 0 Å². The molecule has 0 N–H and O–H groups in total. The molecular weight excluding hydrogens is 229 g/mol. The van der Waals surface area contributed by atoms with Crippen LogP contribution in [0, 0.1) is 0 Å². The number of carbonyl (C=O) groups is 1. The second kappa shape index (κ2) is 4.29. The summed E-state index contributed by atoms with van der Waals surface area (Å²) in [6, 6.07) is 0. The fourth-order valence-electron chi connectivity index (χ4n) is 0.680. The zero-order chi connectivity index (χ0) is 10.8. The Balaban J connectivity index is 2.61. The Morgan fingerprint density at radius 1 is 1.71 bits per heavy atom. The first-order chi connectivity index (χ1) is 6.38. The molecule has 1 heterocycles. The third-order valence-corrected chi connectivity index (χ3v) is 2.66. The first kappa shape index (κ1) is 11.5. The van der Waals surface area contributed by atoms with Gasteiger partial charge in [0.15, 0.2) is 10.8 Å². The van der Waals surface area contributed by atoms with E-state index in [2.05, 4.69) is 9.51 Å². The van der Waals surface area contributed by atoms with E-state index in [1.54, 1.807) is 0 Å². The zero-order valence-corrected chi connectivity index (χ0v) is 8.84. The molecule has 0 aliphatic carbocycles. The maximum atomic E-state index is 10.8. The lowest BCUT2D eigenvalue weighted by Crippen LogP contribution is -2.16. The van der Waals surface area contributed by atoms with E-state index in [-0.39, 0.29) is 16.5 Å². The minimum Gasteiger partial charge on any atom is -0.790 e. The van der Waals surface area contributed by atoms with Gasteiger partial charge in [0.05, 0.1) is 20.1 Å². The van der Waals surface area contributed by atoms with Crippen LogP contribution in [0.2, 0.25) is 0 Å². The van der Waals surface area contributed by atoms with Crippen molar-refractivity contribution in [3.05, 3.63) is 16.1 Å². The Bertz CT molecular complexity index is 383. The molecule has 0 unspecified atom stereocenters. The van der Waals surface area contributed by atoms with Crippen molar-refractivity contribution in [2.24, 2.45) is 0 Å². The molecule has 1 aromatic heterocycles. The summed E-state index contributed by atoms with van der Waals surface area (Å²) >= 11 is 1.07. The van der Waals surface area contributed by atoms with Gasteiger partial charge in [-0.1, -0.05) is 0 Å². The number of thiazole rings is 1. The number of hydrogen-bond donors (Lipinski definition) is 0. The number of phosphoric acid groups is 1. The normalized spacial score (nSPS) is 11.6. The Hall–Kier alpha value is -0.590. The van der Waals surface area contributed by atoms with Crippen molar-refractivity contribution < 1.29 is 23.7 Å². The van der Waals surface area contributed by atoms with Gasteiger partial charge in [0.2, 0.25) is 0 Å². The first-order valence-corrected chi connectivity index (χ1v) is 5.84.